The number of aryl methyl sites for hydroxylation is 1. The Bertz CT molecular complexity index is 1750. The van der Waals surface area contributed by atoms with Gasteiger partial charge in [-0.3, -0.25) is 10.1 Å². The van der Waals surface area contributed by atoms with Crippen molar-refractivity contribution in [2.24, 2.45) is 0 Å². The van der Waals surface area contributed by atoms with Gasteiger partial charge in [-0.15, -0.1) is 11.3 Å². The molecular weight excluding hydrogens is 500 g/mol. The van der Waals surface area contributed by atoms with Crippen LogP contribution in [0.5, 0.6) is 11.5 Å². The van der Waals surface area contributed by atoms with E-state index >= 15 is 0 Å². The molecule has 0 radical (unpaired) electrons. The minimum Gasteiger partial charge on any atom is -0.489 e. The number of nitrogens with zero attached hydrogens (tertiary/aromatic N) is 4. The predicted molar refractivity (Wildman–Crippen MR) is 146 cm³/mol. The highest BCUT2D eigenvalue weighted by Crippen LogP contribution is 2.34. The van der Waals surface area contributed by atoms with E-state index in [0.29, 0.717) is 18.1 Å². The Morgan fingerprint density at radius 1 is 0.947 bits per heavy atom. The molecule has 0 saturated heterocycles. The Labute approximate surface area is 221 Å². The lowest BCUT2D eigenvalue weighted by Crippen LogP contribution is -2.12. The van der Waals surface area contributed by atoms with Gasteiger partial charge in [0.15, 0.2) is 0 Å². The molecule has 10 heteroatoms. The molecule has 0 bridgehead atoms. The number of carbonyl (C=O) groups excluding carboxylic acids is 1. The summed E-state index contributed by atoms with van der Waals surface area (Å²) >= 11 is 1.41. The first-order valence-corrected chi connectivity index (χ1v) is 12.7. The second-order valence-corrected chi connectivity index (χ2v) is 9.69. The summed E-state index contributed by atoms with van der Waals surface area (Å²) < 4.78 is 13.1. The van der Waals surface area contributed by atoms with Crippen LogP contribution in [0.2, 0.25) is 0 Å². The molecule has 9 nitrogen and oxygen atoms in total. The maximum atomic E-state index is 12.7. The van der Waals surface area contributed by atoms with Crippen LogP contribution in [0.1, 0.15) is 26.5 Å². The molecule has 0 spiro atoms. The van der Waals surface area contributed by atoms with Gasteiger partial charge in [0.25, 0.3) is 5.91 Å². The Morgan fingerprint density at radius 2 is 1.82 bits per heavy atom. The standard InChI is InChI=1S/C28H22N6O3S/c1-17-23-14-22(11-12-25(23)38-26(17)27(35)30-28-31-33-34-32-28)36-15-18-5-4-7-21(13-18)37-16-20-10-9-19-6-2-3-8-24(19)29-20/h2-14H,15-16H2,1H3,(H2,30,31,32,33,34,35). The fraction of sp³-hybridized carbons (Fsp3) is 0.107. The number of aromatic nitrogens is 5. The van der Waals surface area contributed by atoms with Crippen LogP contribution in [0.4, 0.5) is 5.95 Å². The summed E-state index contributed by atoms with van der Waals surface area (Å²) in [4.78, 5) is 17.9. The summed E-state index contributed by atoms with van der Waals surface area (Å²) in [6.07, 6.45) is 0. The van der Waals surface area contributed by atoms with Crippen molar-refractivity contribution in [3.63, 3.8) is 0 Å². The van der Waals surface area contributed by atoms with Crippen LogP contribution in [0.3, 0.4) is 0 Å². The van der Waals surface area contributed by atoms with Crippen molar-refractivity contribution >= 4 is 44.2 Å². The van der Waals surface area contributed by atoms with Crippen molar-refractivity contribution in [3.05, 3.63) is 101 Å². The molecule has 0 unspecified atom stereocenters. The number of tetrazole rings is 1. The third-order valence-electron chi connectivity index (χ3n) is 6.04. The summed E-state index contributed by atoms with van der Waals surface area (Å²) in [7, 11) is 0. The lowest BCUT2D eigenvalue weighted by Gasteiger charge is -2.10. The Balaban J connectivity index is 1.11. The smallest absolute Gasteiger partial charge is 0.268 e. The fourth-order valence-corrected chi connectivity index (χ4v) is 5.21. The topological polar surface area (TPSA) is 115 Å². The molecule has 1 amide bonds. The highest BCUT2D eigenvalue weighted by Gasteiger charge is 2.17. The van der Waals surface area contributed by atoms with E-state index in [1.165, 1.54) is 11.3 Å². The van der Waals surface area contributed by atoms with Gasteiger partial charge >= 0.3 is 0 Å². The van der Waals surface area contributed by atoms with Gasteiger partial charge in [0, 0.05) is 10.1 Å². The molecule has 0 aliphatic heterocycles. The molecule has 6 rings (SSSR count). The van der Waals surface area contributed by atoms with E-state index in [9.17, 15) is 4.79 Å². The van der Waals surface area contributed by atoms with Gasteiger partial charge in [-0.2, -0.15) is 0 Å². The van der Waals surface area contributed by atoms with Crippen LogP contribution in [0.25, 0.3) is 21.0 Å². The minimum absolute atomic E-state index is 0.204. The number of nitrogens with one attached hydrogen (secondary N) is 2. The van der Waals surface area contributed by atoms with Gasteiger partial charge in [-0.25, -0.2) is 10.1 Å². The van der Waals surface area contributed by atoms with E-state index in [0.717, 1.165) is 49.3 Å². The molecule has 3 aromatic heterocycles. The first kappa shape index (κ1) is 23.6. The number of pyridine rings is 1. The van der Waals surface area contributed by atoms with Gasteiger partial charge in [0.05, 0.1) is 16.1 Å². The van der Waals surface area contributed by atoms with E-state index in [-0.39, 0.29) is 11.9 Å². The SMILES string of the molecule is Cc1c(C(=O)Nc2nnn[nH]2)sc2ccc(OCc3cccc(OCc4ccc5ccccc5n4)c3)cc12. The minimum atomic E-state index is -0.263. The Morgan fingerprint density at radius 3 is 2.71 bits per heavy atom. The van der Waals surface area contributed by atoms with Gasteiger partial charge in [0.2, 0.25) is 5.95 Å². The molecule has 6 aromatic rings. The Kier molecular flexibility index (Phi) is 6.37. The number of rotatable bonds is 8. The summed E-state index contributed by atoms with van der Waals surface area (Å²) in [5.74, 6) is 1.41. The fourth-order valence-electron chi connectivity index (χ4n) is 4.12. The maximum Gasteiger partial charge on any atom is 0.268 e. The van der Waals surface area contributed by atoms with Crippen LogP contribution >= 0.6 is 11.3 Å². The van der Waals surface area contributed by atoms with E-state index in [2.05, 4.69) is 37.0 Å². The highest BCUT2D eigenvalue weighted by molar-refractivity contribution is 7.21. The van der Waals surface area contributed by atoms with Crippen LogP contribution in [0, 0.1) is 6.92 Å². The van der Waals surface area contributed by atoms with Crippen molar-refractivity contribution in [1.29, 1.82) is 0 Å². The predicted octanol–water partition coefficient (Wildman–Crippen LogP) is 5.68. The van der Waals surface area contributed by atoms with Crippen molar-refractivity contribution < 1.29 is 14.3 Å². The number of para-hydroxylation sites is 1. The zero-order valence-electron chi connectivity index (χ0n) is 20.3. The third kappa shape index (κ3) is 5.02. The van der Waals surface area contributed by atoms with Gasteiger partial charge in [0.1, 0.15) is 24.7 Å². The van der Waals surface area contributed by atoms with Gasteiger partial charge < -0.3 is 9.47 Å². The average Bonchev–Trinajstić information content (AvgIpc) is 3.58. The summed E-state index contributed by atoms with van der Waals surface area (Å²) in [5, 5.41) is 17.9. The van der Waals surface area contributed by atoms with Crippen molar-refractivity contribution in [2.45, 2.75) is 20.1 Å². The van der Waals surface area contributed by atoms with Gasteiger partial charge in [-0.05, 0) is 76.3 Å². The molecular formula is C28H22N6O3S. The molecule has 0 fully saturated rings. The second kappa shape index (κ2) is 10.3. The van der Waals surface area contributed by atoms with Crippen LogP contribution in [-0.2, 0) is 13.2 Å². The summed E-state index contributed by atoms with van der Waals surface area (Å²) in [6.45, 7) is 2.68. The van der Waals surface area contributed by atoms with Crippen LogP contribution in [0.15, 0.2) is 78.9 Å². The highest BCUT2D eigenvalue weighted by atomic mass is 32.1. The first-order valence-electron chi connectivity index (χ1n) is 11.9. The van der Waals surface area contributed by atoms with E-state index in [4.69, 9.17) is 9.47 Å². The lowest BCUT2D eigenvalue weighted by atomic mass is 10.1. The summed E-state index contributed by atoms with van der Waals surface area (Å²) in [5.41, 5.74) is 3.68. The number of hydrogen-bond donors (Lipinski definition) is 2. The first-order chi connectivity index (χ1) is 18.6. The second-order valence-electron chi connectivity index (χ2n) is 8.64. The number of ether oxygens (including phenoxy) is 2. The number of fused-ring (bicyclic) bond motifs is 2. The molecule has 2 N–H and O–H groups in total. The largest absolute Gasteiger partial charge is 0.489 e. The van der Waals surface area contributed by atoms with Crippen LogP contribution < -0.4 is 14.8 Å². The number of H-pyrrole nitrogens is 1. The maximum absolute atomic E-state index is 12.7. The monoisotopic (exact) mass is 522 g/mol. The lowest BCUT2D eigenvalue weighted by molar-refractivity contribution is 0.102. The molecule has 0 aliphatic rings. The number of amides is 1. The number of hydrogen-bond acceptors (Lipinski definition) is 8. The number of thiophene rings is 1. The molecule has 0 aliphatic carbocycles. The van der Waals surface area contributed by atoms with E-state index < -0.39 is 0 Å². The zero-order chi connectivity index (χ0) is 25.9. The van der Waals surface area contributed by atoms with Crippen molar-refractivity contribution in [3.8, 4) is 11.5 Å². The zero-order valence-corrected chi connectivity index (χ0v) is 21.2. The van der Waals surface area contributed by atoms with Crippen LogP contribution in [-0.4, -0.2) is 31.5 Å². The molecule has 0 saturated carbocycles. The molecule has 3 aromatic carbocycles. The number of aromatic amines is 1. The number of benzene rings is 3. The number of anilines is 1. The quantitative estimate of drug-likeness (QED) is 0.264. The average molecular weight is 523 g/mol. The van der Waals surface area contributed by atoms with Gasteiger partial charge in [-0.1, -0.05) is 41.5 Å². The van der Waals surface area contributed by atoms with Crippen molar-refractivity contribution in [2.75, 3.05) is 5.32 Å². The van der Waals surface area contributed by atoms with E-state index in [1.54, 1.807) is 0 Å². The molecule has 0 atom stereocenters. The third-order valence-corrected chi connectivity index (χ3v) is 7.31. The normalized spacial score (nSPS) is 11.1. The molecule has 188 valence electrons. The number of carbonyl (C=O) groups is 1. The Hall–Kier alpha value is -4.83. The van der Waals surface area contributed by atoms with E-state index in [1.807, 2.05) is 79.7 Å². The molecule has 38 heavy (non-hydrogen) atoms. The van der Waals surface area contributed by atoms with Crippen molar-refractivity contribution in [1.82, 2.24) is 25.6 Å². The summed E-state index contributed by atoms with van der Waals surface area (Å²) in [6, 6.07) is 25.7. The molecule has 3 heterocycles.